The van der Waals surface area contributed by atoms with Crippen molar-refractivity contribution in [1.29, 1.82) is 0 Å². The van der Waals surface area contributed by atoms with E-state index in [0.717, 1.165) is 19.0 Å². The number of thiophene rings is 1. The van der Waals surface area contributed by atoms with Gasteiger partial charge in [0.15, 0.2) is 0 Å². The zero-order chi connectivity index (χ0) is 12.4. The molecule has 1 aliphatic carbocycles. The normalized spacial score (nSPS) is 14.9. The summed E-state index contributed by atoms with van der Waals surface area (Å²) in [4.78, 5) is 1.45. The molecule has 1 aromatic heterocycles. The molecule has 1 fully saturated rings. The number of aryl methyl sites for hydroxylation is 1. The minimum absolute atomic E-state index is 0.851. The molecule has 2 aromatic rings. The second kappa shape index (κ2) is 5.25. The molecule has 0 bridgehead atoms. The second-order valence-electron chi connectivity index (χ2n) is 5.15. The van der Waals surface area contributed by atoms with Crippen molar-refractivity contribution >= 4 is 11.3 Å². The van der Waals surface area contributed by atoms with Crippen LogP contribution in [0.25, 0.3) is 0 Å². The Balaban J connectivity index is 1.56. The molecular formula is C16H19NS. The first-order valence-corrected chi connectivity index (χ1v) is 7.53. The summed E-state index contributed by atoms with van der Waals surface area (Å²) >= 11 is 1.84. The SMILES string of the molecule is Cc1ccsc1CNCc1cccc(C2CC2)c1. The highest BCUT2D eigenvalue weighted by atomic mass is 32.1. The highest BCUT2D eigenvalue weighted by molar-refractivity contribution is 7.10. The zero-order valence-corrected chi connectivity index (χ0v) is 11.6. The first kappa shape index (κ1) is 11.9. The molecule has 0 saturated heterocycles. The van der Waals surface area contributed by atoms with Gasteiger partial charge < -0.3 is 5.32 Å². The third kappa shape index (κ3) is 2.82. The topological polar surface area (TPSA) is 12.0 Å². The van der Waals surface area contributed by atoms with Crippen LogP contribution in [0.15, 0.2) is 35.7 Å². The Morgan fingerprint density at radius 2 is 2.11 bits per heavy atom. The van der Waals surface area contributed by atoms with Crippen LogP contribution in [0.2, 0.25) is 0 Å². The molecule has 1 saturated carbocycles. The maximum Gasteiger partial charge on any atom is 0.0305 e. The van der Waals surface area contributed by atoms with Crippen molar-refractivity contribution in [3.05, 3.63) is 57.3 Å². The minimum atomic E-state index is 0.851. The Labute approximate surface area is 113 Å². The van der Waals surface area contributed by atoms with Crippen molar-refractivity contribution in [3.8, 4) is 0 Å². The fourth-order valence-corrected chi connectivity index (χ4v) is 3.16. The molecule has 2 heteroatoms. The van der Waals surface area contributed by atoms with Crippen LogP contribution in [-0.2, 0) is 13.1 Å². The number of benzene rings is 1. The molecule has 0 unspecified atom stereocenters. The fraction of sp³-hybridized carbons (Fsp3) is 0.375. The molecular weight excluding hydrogens is 238 g/mol. The second-order valence-corrected chi connectivity index (χ2v) is 6.15. The van der Waals surface area contributed by atoms with Crippen LogP contribution in [0.1, 0.15) is 40.3 Å². The highest BCUT2D eigenvalue weighted by Gasteiger charge is 2.23. The Morgan fingerprint density at radius 1 is 1.22 bits per heavy atom. The van der Waals surface area contributed by atoms with Gasteiger partial charge in [0.05, 0.1) is 0 Å². The van der Waals surface area contributed by atoms with Gasteiger partial charge in [-0.05, 0) is 53.8 Å². The smallest absolute Gasteiger partial charge is 0.0305 e. The molecule has 1 N–H and O–H groups in total. The van der Waals surface area contributed by atoms with Crippen molar-refractivity contribution in [2.75, 3.05) is 0 Å². The van der Waals surface area contributed by atoms with E-state index in [2.05, 4.69) is 48.0 Å². The molecule has 1 aliphatic rings. The summed E-state index contributed by atoms with van der Waals surface area (Å²) in [5, 5.41) is 5.71. The summed E-state index contributed by atoms with van der Waals surface area (Å²) in [6.07, 6.45) is 2.76. The Morgan fingerprint density at radius 3 is 2.83 bits per heavy atom. The van der Waals surface area contributed by atoms with Crippen molar-refractivity contribution in [2.45, 2.75) is 38.8 Å². The van der Waals surface area contributed by atoms with Gasteiger partial charge in [0.2, 0.25) is 0 Å². The molecule has 94 valence electrons. The molecule has 1 heterocycles. The maximum atomic E-state index is 3.54. The average molecular weight is 257 g/mol. The van der Waals surface area contributed by atoms with Crippen LogP contribution >= 0.6 is 11.3 Å². The summed E-state index contributed by atoms with van der Waals surface area (Å²) in [6.45, 7) is 4.14. The number of nitrogens with one attached hydrogen (secondary N) is 1. The molecule has 1 nitrogen and oxygen atoms in total. The van der Waals surface area contributed by atoms with E-state index in [1.165, 1.54) is 34.4 Å². The molecule has 0 amide bonds. The van der Waals surface area contributed by atoms with Crippen LogP contribution in [0.4, 0.5) is 0 Å². The lowest BCUT2D eigenvalue weighted by molar-refractivity contribution is 0.698. The van der Waals surface area contributed by atoms with Gasteiger partial charge in [0.25, 0.3) is 0 Å². The van der Waals surface area contributed by atoms with Crippen molar-refractivity contribution in [3.63, 3.8) is 0 Å². The summed E-state index contributed by atoms with van der Waals surface area (Å²) in [6, 6.07) is 11.2. The third-order valence-electron chi connectivity index (χ3n) is 3.58. The van der Waals surface area contributed by atoms with Crippen molar-refractivity contribution in [1.82, 2.24) is 5.32 Å². The minimum Gasteiger partial charge on any atom is -0.308 e. The molecule has 0 spiro atoms. The van der Waals surface area contributed by atoms with Gasteiger partial charge in [-0.3, -0.25) is 0 Å². The van der Waals surface area contributed by atoms with Gasteiger partial charge in [-0.15, -0.1) is 11.3 Å². The number of hydrogen-bond donors (Lipinski definition) is 1. The van der Waals surface area contributed by atoms with E-state index in [9.17, 15) is 0 Å². The van der Waals surface area contributed by atoms with E-state index < -0.39 is 0 Å². The quantitative estimate of drug-likeness (QED) is 0.845. The lowest BCUT2D eigenvalue weighted by atomic mass is 10.1. The first-order valence-electron chi connectivity index (χ1n) is 6.65. The van der Waals surface area contributed by atoms with Crippen molar-refractivity contribution in [2.24, 2.45) is 0 Å². The fourth-order valence-electron chi connectivity index (χ4n) is 2.28. The largest absolute Gasteiger partial charge is 0.308 e. The number of hydrogen-bond acceptors (Lipinski definition) is 2. The Bertz CT molecular complexity index is 525. The number of rotatable bonds is 5. The molecule has 0 radical (unpaired) electrons. The van der Waals surface area contributed by atoms with Gasteiger partial charge in [-0.25, -0.2) is 0 Å². The van der Waals surface area contributed by atoms with Gasteiger partial charge in [0.1, 0.15) is 0 Å². The van der Waals surface area contributed by atoms with E-state index in [-0.39, 0.29) is 0 Å². The Kier molecular flexibility index (Phi) is 3.48. The van der Waals surface area contributed by atoms with Gasteiger partial charge in [-0.1, -0.05) is 24.3 Å². The predicted octanol–water partition coefficient (Wildman–Crippen LogP) is 4.22. The third-order valence-corrected chi connectivity index (χ3v) is 4.61. The van der Waals surface area contributed by atoms with Crippen molar-refractivity contribution < 1.29 is 0 Å². The summed E-state index contributed by atoms with van der Waals surface area (Å²) in [5.41, 5.74) is 4.34. The molecule has 18 heavy (non-hydrogen) atoms. The summed E-state index contributed by atoms with van der Waals surface area (Å²) in [7, 11) is 0. The molecule has 3 rings (SSSR count). The lowest BCUT2D eigenvalue weighted by Crippen LogP contribution is -2.12. The van der Waals surface area contributed by atoms with Crippen LogP contribution in [0.5, 0.6) is 0 Å². The van der Waals surface area contributed by atoms with Gasteiger partial charge >= 0.3 is 0 Å². The zero-order valence-electron chi connectivity index (χ0n) is 10.8. The Hall–Kier alpha value is -1.12. The van der Waals surface area contributed by atoms with Crippen LogP contribution in [0.3, 0.4) is 0 Å². The maximum absolute atomic E-state index is 3.54. The van der Waals surface area contributed by atoms with Gasteiger partial charge in [-0.2, -0.15) is 0 Å². The van der Waals surface area contributed by atoms with Crippen LogP contribution in [0, 0.1) is 6.92 Å². The highest BCUT2D eigenvalue weighted by Crippen LogP contribution is 2.40. The summed E-state index contributed by atoms with van der Waals surface area (Å²) < 4.78 is 0. The first-order chi connectivity index (χ1) is 8.83. The standard InChI is InChI=1S/C16H19NS/c1-12-7-8-18-16(12)11-17-10-13-3-2-4-15(9-13)14-5-6-14/h2-4,7-9,14,17H,5-6,10-11H2,1H3. The summed E-state index contributed by atoms with van der Waals surface area (Å²) in [5.74, 6) is 0.851. The molecule has 0 aliphatic heterocycles. The van der Waals surface area contributed by atoms with E-state index in [1.807, 2.05) is 11.3 Å². The molecule has 0 atom stereocenters. The van der Waals surface area contributed by atoms with Crippen LogP contribution in [-0.4, -0.2) is 0 Å². The van der Waals surface area contributed by atoms with Crippen LogP contribution < -0.4 is 5.32 Å². The molecule has 1 aromatic carbocycles. The van der Waals surface area contributed by atoms with E-state index in [4.69, 9.17) is 0 Å². The monoisotopic (exact) mass is 257 g/mol. The van der Waals surface area contributed by atoms with Gasteiger partial charge in [0, 0.05) is 18.0 Å². The van der Waals surface area contributed by atoms with E-state index in [0.29, 0.717) is 0 Å². The lowest BCUT2D eigenvalue weighted by Gasteiger charge is -2.06. The van der Waals surface area contributed by atoms with E-state index >= 15 is 0 Å². The van der Waals surface area contributed by atoms with E-state index in [1.54, 1.807) is 0 Å². The average Bonchev–Trinajstić information content (AvgIpc) is 3.15. The predicted molar refractivity (Wildman–Crippen MR) is 78.0 cm³/mol.